The molecule has 9 heteroatoms. The van der Waals surface area contributed by atoms with E-state index in [9.17, 15) is 9.59 Å². The normalized spacial score (nSPS) is 11.7. The van der Waals surface area contributed by atoms with E-state index < -0.39 is 23.6 Å². The van der Waals surface area contributed by atoms with Crippen LogP contribution in [-0.2, 0) is 20.9 Å². The zero-order valence-electron chi connectivity index (χ0n) is 16.4. The summed E-state index contributed by atoms with van der Waals surface area (Å²) in [6.07, 6.45) is 0.869. The number of alkyl carbamates (subject to hydrolysis) is 1. The molecular weight excluding hydrogens is 440 g/mol. The molecule has 0 bridgehead atoms. The average Bonchev–Trinajstić information content (AvgIpc) is 2.66. The molecule has 8 nitrogen and oxygen atoms in total. The maximum atomic E-state index is 12.6. The summed E-state index contributed by atoms with van der Waals surface area (Å²) < 4.78 is 11.6. The third-order valence-corrected chi connectivity index (χ3v) is 3.79. The van der Waals surface area contributed by atoms with Crippen LogP contribution in [0.3, 0.4) is 0 Å². The second kappa shape index (κ2) is 10.6. The van der Waals surface area contributed by atoms with Crippen LogP contribution in [0, 0.1) is 12.1 Å². The molecule has 1 heterocycles. The van der Waals surface area contributed by atoms with E-state index in [1.807, 2.05) is 6.07 Å². The SMILES string of the molecule is CC(C)(C)OC(=O)N[C@H](COCc1cc#ccc1)C(=O)NNc1ccc(Br)cn1. The smallest absolute Gasteiger partial charge is 0.408 e. The molecule has 29 heavy (non-hydrogen) atoms. The van der Waals surface area contributed by atoms with Gasteiger partial charge in [-0.2, -0.15) is 0 Å². The van der Waals surface area contributed by atoms with Gasteiger partial charge in [0.1, 0.15) is 17.5 Å². The number of pyridine rings is 1. The van der Waals surface area contributed by atoms with Gasteiger partial charge in [0.15, 0.2) is 0 Å². The van der Waals surface area contributed by atoms with Crippen molar-refractivity contribution in [1.82, 2.24) is 15.7 Å². The predicted octanol–water partition coefficient (Wildman–Crippen LogP) is 3.00. The number of rotatable bonds is 8. The van der Waals surface area contributed by atoms with Crippen molar-refractivity contribution in [3.8, 4) is 0 Å². The Labute approximate surface area is 178 Å². The van der Waals surface area contributed by atoms with Crippen LogP contribution in [0.2, 0.25) is 0 Å². The molecule has 2 aromatic rings. The number of nitrogens with one attached hydrogen (secondary N) is 3. The van der Waals surface area contributed by atoms with Gasteiger partial charge in [-0.05, 0) is 72.6 Å². The second-order valence-corrected chi connectivity index (χ2v) is 7.95. The van der Waals surface area contributed by atoms with E-state index in [1.165, 1.54) is 0 Å². The molecule has 0 spiro atoms. The second-order valence-electron chi connectivity index (χ2n) is 7.03. The number of hydrazine groups is 1. The summed E-state index contributed by atoms with van der Waals surface area (Å²) in [7, 11) is 0. The quantitative estimate of drug-likeness (QED) is 0.521. The number of carbonyl (C=O) groups excluding carboxylic acids is 2. The monoisotopic (exact) mass is 462 g/mol. The molecule has 0 aliphatic heterocycles. The Hall–Kier alpha value is -2.83. The van der Waals surface area contributed by atoms with Crippen molar-refractivity contribution >= 4 is 33.7 Å². The first kappa shape index (κ1) is 22.5. The van der Waals surface area contributed by atoms with Gasteiger partial charge in [0.2, 0.25) is 0 Å². The number of hydrogen-bond acceptors (Lipinski definition) is 6. The van der Waals surface area contributed by atoms with Crippen LogP contribution in [-0.4, -0.2) is 35.2 Å². The summed E-state index contributed by atoms with van der Waals surface area (Å²) in [6, 6.07) is 13.4. The third kappa shape index (κ3) is 8.81. The summed E-state index contributed by atoms with van der Waals surface area (Å²) in [6.45, 7) is 5.41. The van der Waals surface area contributed by atoms with Gasteiger partial charge in [-0.25, -0.2) is 9.78 Å². The molecule has 3 N–H and O–H groups in total. The number of hydrogen-bond donors (Lipinski definition) is 3. The van der Waals surface area contributed by atoms with Gasteiger partial charge in [-0.3, -0.25) is 15.6 Å². The molecule has 0 saturated carbocycles. The standard InChI is InChI=1S/C20H23BrN4O4/c1-20(2,3)29-19(27)23-16(13-28-12-14-7-5-4-6-8-14)18(26)25-24-17-10-9-15(21)11-22-17/h5,7-11,16H,12-13H2,1-3H3,(H,22,24)(H,23,27)(H,25,26)/t16-/m1/s1. The highest BCUT2D eigenvalue weighted by Gasteiger charge is 2.24. The van der Waals surface area contributed by atoms with Gasteiger partial charge in [0.05, 0.1) is 13.2 Å². The van der Waals surface area contributed by atoms with Crippen LogP contribution in [0.15, 0.2) is 41.0 Å². The first-order chi connectivity index (χ1) is 13.7. The minimum atomic E-state index is -0.980. The van der Waals surface area contributed by atoms with Crippen molar-refractivity contribution in [1.29, 1.82) is 0 Å². The molecule has 1 aromatic carbocycles. The summed E-state index contributed by atoms with van der Waals surface area (Å²) in [5.74, 6) is -0.0666. The van der Waals surface area contributed by atoms with E-state index in [4.69, 9.17) is 9.47 Å². The maximum Gasteiger partial charge on any atom is 0.408 e. The number of nitrogens with zero attached hydrogens (tertiary/aromatic N) is 1. The highest BCUT2D eigenvalue weighted by molar-refractivity contribution is 9.10. The number of amides is 2. The Morgan fingerprint density at radius 3 is 2.66 bits per heavy atom. The van der Waals surface area contributed by atoms with Crippen LogP contribution in [0.5, 0.6) is 0 Å². The molecule has 0 unspecified atom stereocenters. The fraction of sp³-hybridized carbons (Fsp3) is 0.350. The summed E-state index contributed by atoms with van der Waals surface area (Å²) >= 11 is 3.29. The molecule has 1 aromatic heterocycles. The van der Waals surface area contributed by atoms with Gasteiger partial charge in [-0.1, -0.05) is 12.1 Å². The van der Waals surface area contributed by atoms with Gasteiger partial charge in [0, 0.05) is 10.7 Å². The number of anilines is 1. The van der Waals surface area contributed by atoms with Crippen LogP contribution in [0.1, 0.15) is 26.3 Å². The van der Waals surface area contributed by atoms with Gasteiger partial charge in [0.25, 0.3) is 5.91 Å². The number of halogens is 1. The lowest BCUT2D eigenvalue weighted by Gasteiger charge is -2.23. The lowest BCUT2D eigenvalue weighted by molar-refractivity contribution is -0.124. The first-order valence-corrected chi connectivity index (χ1v) is 9.63. The zero-order valence-corrected chi connectivity index (χ0v) is 18.0. The lowest BCUT2D eigenvalue weighted by Crippen LogP contribution is -2.51. The average molecular weight is 463 g/mol. The van der Waals surface area contributed by atoms with E-state index in [0.717, 1.165) is 10.0 Å². The Morgan fingerprint density at radius 2 is 2.03 bits per heavy atom. The number of ether oxygens (including phenoxy) is 2. The number of carbonyl (C=O) groups is 2. The van der Waals surface area contributed by atoms with E-state index in [2.05, 4.69) is 49.2 Å². The lowest BCUT2D eigenvalue weighted by atomic mass is 10.2. The van der Waals surface area contributed by atoms with Crippen molar-refractivity contribution in [2.75, 3.05) is 12.0 Å². The van der Waals surface area contributed by atoms with E-state index >= 15 is 0 Å². The minimum absolute atomic E-state index is 0.0564. The molecule has 0 radical (unpaired) electrons. The largest absolute Gasteiger partial charge is 0.444 e. The van der Waals surface area contributed by atoms with Crippen molar-refractivity contribution in [2.45, 2.75) is 39.0 Å². The van der Waals surface area contributed by atoms with E-state index in [1.54, 1.807) is 51.2 Å². The molecule has 2 rings (SSSR count). The van der Waals surface area contributed by atoms with Gasteiger partial charge in [-0.15, -0.1) is 0 Å². The predicted molar refractivity (Wildman–Crippen MR) is 111 cm³/mol. The number of aromatic nitrogens is 1. The molecule has 2 amide bonds. The minimum Gasteiger partial charge on any atom is -0.444 e. The molecule has 0 fully saturated rings. The highest BCUT2D eigenvalue weighted by atomic mass is 79.9. The molecule has 154 valence electrons. The Balaban J connectivity index is 1.94. The Kier molecular flexibility index (Phi) is 8.24. The van der Waals surface area contributed by atoms with Crippen LogP contribution >= 0.6 is 15.9 Å². The molecule has 0 aliphatic rings. The molecule has 1 atom stereocenters. The molecule has 0 saturated heterocycles. The van der Waals surface area contributed by atoms with Crippen molar-refractivity contribution in [3.05, 3.63) is 58.7 Å². The summed E-state index contributed by atoms with van der Waals surface area (Å²) in [4.78, 5) is 28.8. The van der Waals surface area contributed by atoms with Crippen molar-refractivity contribution in [2.24, 2.45) is 0 Å². The Bertz CT molecular complexity index is 794. The van der Waals surface area contributed by atoms with E-state index in [-0.39, 0.29) is 13.2 Å². The molecule has 0 aliphatic carbocycles. The molecular formula is C20H23BrN4O4. The third-order valence-electron chi connectivity index (χ3n) is 3.32. The van der Waals surface area contributed by atoms with Gasteiger partial charge < -0.3 is 14.8 Å². The zero-order chi connectivity index (χ0) is 21.3. The fourth-order valence-electron chi connectivity index (χ4n) is 2.06. The first-order valence-electron chi connectivity index (χ1n) is 8.84. The summed E-state index contributed by atoms with van der Waals surface area (Å²) in [5.41, 5.74) is 5.38. The highest BCUT2D eigenvalue weighted by Crippen LogP contribution is 2.10. The summed E-state index contributed by atoms with van der Waals surface area (Å²) in [5, 5.41) is 2.52. The fourth-order valence-corrected chi connectivity index (χ4v) is 2.29. The van der Waals surface area contributed by atoms with Crippen LogP contribution < -0.4 is 16.2 Å². The van der Waals surface area contributed by atoms with Gasteiger partial charge >= 0.3 is 6.09 Å². The van der Waals surface area contributed by atoms with Crippen molar-refractivity contribution in [3.63, 3.8) is 0 Å². The van der Waals surface area contributed by atoms with E-state index in [0.29, 0.717) is 5.82 Å². The Morgan fingerprint density at radius 1 is 1.24 bits per heavy atom. The topological polar surface area (TPSA) is 102 Å². The van der Waals surface area contributed by atoms with Crippen LogP contribution in [0.25, 0.3) is 0 Å². The maximum absolute atomic E-state index is 12.6. The van der Waals surface area contributed by atoms with Crippen molar-refractivity contribution < 1.29 is 19.1 Å². The van der Waals surface area contributed by atoms with Crippen LogP contribution in [0.4, 0.5) is 10.6 Å².